The van der Waals surface area contributed by atoms with Gasteiger partial charge in [0.15, 0.2) is 3.57 Å². The van der Waals surface area contributed by atoms with Crippen LogP contribution in [-0.4, -0.2) is 11.8 Å². The van der Waals surface area contributed by atoms with Crippen LogP contribution in [0.15, 0.2) is 54.6 Å². The van der Waals surface area contributed by atoms with E-state index in [1.54, 1.807) is 0 Å². The molecule has 0 aromatic heterocycles. The summed E-state index contributed by atoms with van der Waals surface area (Å²) in [7, 11) is 0. The monoisotopic (exact) mass is 378 g/mol. The summed E-state index contributed by atoms with van der Waals surface area (Å²) in [6, 6.07) is 18.0. The highest BCUT2D eigenvalue weighted by Gasteiger charge is 2.34. The number of rotatable bonds is 3. The molecule has 4 heteroatoms. The van der Waals surface area contributed by atoms with Gasteiger partial charge in [0.1, 0.15) is 5.69 Å². The highest BCUT2D eigenvalue weighted by Crippen LogP contribution is 2.21. The predicted molar refractivity (Wildman–Crippen MR) is 72.0 cm³/mol. The van der Waals surface area contributed by atoms with Crippen molar-refractivity contribution in [1.82, 2.24) is 0 Å². The molecular formula is C16H13INO2+. The molecule has 0 radical (unpaired) electrons. The topological polar surface area (TPSA) is 37.4 Å². The van der Waals surface area contributed by atoms with Crippen molar-refractivity contribution in [2.45, 2.75) is 12.8 Å². The number of para-hydroxylation sites is 1. The zero-order valence-corrected chi connectivity index (χ0v) is 12.9. The number of benzene rings is 2. The van der Waals surface area contributed by atoms with E-state index in [-0.39, 0.29) is 11.8 Å². The summed E-state index contributed by atoms with van der Waals surface area (Å²) >= 11 is -0.396. The lowest BCUT2D eigenvalue weighted by atomic mass is 10.3. The third-order valence-electron chi connectivity index (χ3n) is 3.09. The first-order valence-electron chi connectivity index (χ1n) is 6.40. The fourth-order valence-corrected chi connectivity index (χ4v) is 4.68. The van der Waals surface area contributed by atoms with E-state index in [0.717, 1.165) is 9.26 Å². The molecule has 2 aromatic rings. The van der Waals surface area contributed by atoms with E-state index in [2.05, 4.69) is 12.1 Å². The standard InChI is InChI=1S/C16H13INO2/c19-15-10-11-16(20)18(15)14-9-5-4-8-13(14)17-12-6-2-1-3-7-12/h1-9H,10-11H2/q+1. The zero-order chi connectivity index (χ0) is 13.9. The van der Waals surface area contributed by atoms with Crippen molar-refractivity contribution in [3.05, 3.63) is 61.7 Å². The summed E-state index contributed by atoms with van der Waals surface area (Å²) in [6.07, 6.45) is 0.660. The van der Waals surface area contributed by atoms with Gasteiger partial charge in [-0.2, -0.15) is 0 Å². The van der Waals surface area contributed by atoms with Gasteiger partial charge in [-0.15, -0.1) is 0 Å². The highest BCUT2D eigenvalue weighted by molar-refractivity contribution is 6.19. The molecule has 1 heterocycles. The number of halogens is 1. The molecule has 0 spiro atoms. The van der Waals surface area contributed by atoms with Crippen LogP contribution in [0.1, 0.15) is 12.8 Å². The third kappa shape index (κ3) is 2.60. The van der Waals surface area contributed by atoms with Crippen LogP contribution in [0.2, 0.25) is 0 Å². The average molecular weight is 378 g/mol. The smallest absolute Gasteiger partial charge is 0.274 e. The Morgan fingerprint density at radius 1 is 0.800 bits per heavy atom. The first-order valence-corrected chi connectivity index (χ1v) is 8.56. The minimum atomic E-state index is -0.396. The number of nitrogens with zero attached hydrogens (tertiary/aromatic N) is 1. The van der Waals surface area contributed by atoms with Crippen LogP contribution in [0.5, 0.6) is 0 Å². The maximum absolute atomic E-state index is 11.9. The largest absolute Gasteiger partial charge is 0.360 e. The Morgan fingerprint density at radius 2 is 1.40 bits per heavy atom. The molecule has 0 N–H and O–H groups in total. The molecule has 3 nitrogen and oxygen atoms in total. The molecule has 1 aliphatic heterocycles. The van der Waals surface area contributed by atoms with Gasteiger partial charge < -0.3 is 0 Å². The van der Waals surface area contributed by atoms with E-state index < -0.39 is 21.2 Å². The number of carbonyl (C=O) groups excluding carboxylic acids is 2. The van der Waals surface area contributed by atoms with Crippen LogP contribution in [0.25, 0.3) is 0 Å². The minimum absolute atomic E-state index is 0.0838. The molecule has 0 bridgehead atoms. The summed E-state index contributed by atoms with van der Waals surface area (Å²) in [6.45, 7) is 0. The van der Waals surface area contributed by atoms with Gasteiger partial charge in [0, 0.05) is 12.8 Å². The molecule has 100 valence electrons. The maximum atomic E-state index is 11.9. The highest BCUT2D eigenvalue weighted by atomic mass is 127. The summed E-state index contributed by atoms with van der Waals surface area (Å²) in [5.74, 6) is -0.168. The molecule has 2 amide bonds. The van der Waals surface area contributed by atoms with Crippen molar-refractivity contribution in [3.63, 3.8) is 0 Å². The fourth-order valence-electron chi connectivity index (χ4n) is 2.15. The van der Waals surface area contributed by atoms with E-state index in [0.29, 0.717) is 12.8 Å². The third-order valence-corrected chi connectivity index (χ3v) is 5.92. The van der Waals surface area contributed by atoms with Gasteiger partial charge in [0.2, 0.25) is 15.4 Å². The molecule has 0 aliphatic carbocycles. The number of hydrogen-bond donors (Lipinski definition) is 0. The van der Waals surface area contributed by atoms with E-state index in [1.165, 1.54) is 8.47 Å². The van der Waals surface area contributed by atoms with Gasteiger partial charge >= 0.3 is 21.2 Å². The van der Waals surface area contributed by atoms with Gasteiger partial charge in [0.05, 0.1) is 0 Å². The average Bonchev–Trinajstić information content (AvgIpc) is 2.80. The normalized spacial score (nSPS) is 14.9. The molecule has 3 rings (SSSR count). The molecule has 1 saturated heterocycles. The maximum Gasteiger partial charge on any atom is 0.360 e. The summed E-state index contributed by atoms with van der Waals surface area (Å²) in [4.78, 5) is 25.2. The van der Waals surface area contributed by atoms with Gasteiger partial charge in [-0.25, -0.2) is 4.90 Å². The lowest BCUT2D eigenvalue weighted by Crippen LogP contribution is -3.61. The minimum Gasteiger partial charge on any atom is -0.274 e. The second-order valence-electron chi connectivity index (χ2n) is 4.46. The fraction of sp³-hybridized carbons (Fsp3) is 0.125. The van der Waals surface area contributed by atoms with E-state index in [1.807, 2.05) is 42.5 Å². The van der Waals surface area contributed by atoms with Crippen molar-refractivity contribution < 1.29 is 30.8 Å². The summed E-state index contributed by atoms with van der Waals surface area (Å²) < 4.78 is 2.39. The number of carbonyl (C=O) groups is 2. The second kappa shape index (κ2) is 5.75. The predicted octanol–water partition coefficient (Wildman–Crippen LogP) is -0.532. The van der Waals surface area contributed by atoms with Crippen LogP contribution in [-0.2, 0) is 9.59 Å². The first-order chi connectivity index (χ1) is 9.75. The van der Waals surface area contributed by atoms with Crippen molar-refractivity contribution in [2.24, 2.45) is 0 Å². The quantitative estimate of drug-likeness (QED) is 0.532. The molecule has 0 unspecified atom stereocenters. The van der Waals surface area contributed by atoms with Crippen LogP contribution in [0, 0.1) is 7.14 Å². The second-order valence-corrected chi connectivity index (χ2v) is 7.41. The van der Waals surface area contributed by atoms with Crippen LogP contribution >= 0.6 is 0 Å². The Hall–Kier alpha value is -1.69. The van der Waals surface area contributed by atoms with Gasteiger partial charge in [-0.05, 0) is 24.3 Å². The van der Waals surface area contributed by atoms with Gasteiger partial charge in [-0.1, -0.05) is 30.3 Å². The van der Waals surface area contributed by atoms with Gasteiger partial charge in [-0.3, -0.25) is 9.59 Å². The number of hydrogen-bond acceptors (Lipinski definition) is 2. The molecule has 0 atom stereocenters. The molecular weight excluding hydrogens is 365 g/mol. The Morgan fingerprint density at radius 3 is 2.10 bits per heavy atom. The molecule has 2 aromatic carbocycles. The summed E-state index contributed by atoms with van der Waals surface area (Å²) in [5.41, 5.74) is 0.775. The number of amides is 2. The Bertz CT molecular complexity index is 639. The lowest BCUT2D eigenvalue weighted by molar-refractivity contribution is -0.596. The Balaban J connectivity index is 1.96. The van der Waals surface area contributed by atoms with Crippen LogP contribution in [0.3, 0.4) is 0 Å². The lowest BCUT2D eigenvalue weighted by Gasteiger charge is -2.13. The SMILES string of the molecule is O=C1CCC(=O)N1c1ccccc1[I+]c1ccccc1. The molecule has 0 saturated carbocycles. The van der Waals surface area contributed by atoms with Crippen LogP contribution < -0.4 is 26.1 Å². The Labute approximate surface area is 127 Å². The van der Waals surface area contributed by atoms with Gasteiger partial charge in [0.25, 0.3) is 0 Å². The molecule has 1 fully saturated rings. The molecule has 20 heavy (non-hydrogen) atoms. The van der Waals surface area contributed by atoms with Crippen LogP contribution in [0.4, 0.5) is 5.69 Å². The number of imide groups is 1. The first kappa shape index (κ1) is 13.3. The van der Waals surface area contributed by atoms with Crippen molar-refractivity contribution in [2.75, 3.05) is 4.90 Å². The van der Waals surface area contributed by atoms with Crippen molar-refractivity contribution >= 4 is 17.5 Å². The Kier molecular flexibility index (Phi) is 3.82. The van der Waals surface area contributed by atoms with Crippen molar-refractivity contribution in [3.8, 4) is 0 Å². The number of anilines is 1. The van der Waals surface area contributed by atoms with E-state index in [4.69, 9.17) is 0 Å². The molecule has 1 aliphatic rings. The van der Waals surface area contributed by atoms with E-state index >= 15 is 0 Å². The van der Waals surface area contributed by atoms with Crippen molar-refractivity contribution in [1.29, 1.82) is 0 Å². The van der Waals surface area contributed by atoms with E-state index in [9.17, 15) is 9.59 Å². The zero-order valence-electron chi connectivity index (χ0n) is 10.8. The summed E-state index contributed by atoms with van der Waals surface area (Å²) in [5, 5.41) is 0.